The van der Waals surface area contributed by atoms with Crippen molar-refractivity contribution in [3.8, 4) is 22.3 Å². The molecule has 0 amide bonds. The second kappa shape index (κ2) is 14.5. The first-order valence-corrected chi connectivity index (χ1v) is 28.8. The molecule has 4 bridgehead atoms. The zero-order valence-electron chi connectivity index (χ0n) is 46.7. The van der Waals surface area contributed by atoms with Crippen LogP contribution in [0.3, 0.4) is 0 Å². The van der Waals surface area contributed by atoms with E-state index in [1.807, 2.05) is 0 Å². The first-order chi connectivity index (χ1) is 35.2. The quantitative estimate of drug-likeness (QED) is 0.166. The summed E-state index contributed by atoms with van der Waals surface area (Å²) in [6.07, 6.45) is 14.4. The minimum atomic E-state index is 0.0996. The summed E-state index contributed by atoms with van der Waals surface area (Å²) in [5.74, 6) is 1.54. The van der Waals surface area contributed by atoms with E-state index < -0.39 is 0 Å². The third kappa shape index (κ3) is 5.56. The van der Waals surface area contributed by atoms with E-state index >= 15 is 0 Å². The van der Waals surface area contributed by atoms with Crippen LogP contribution in [-0.4, -0.2) is 18.8 Å². The fraction of sp³-hybridized carbons (Fsp3) is 0.429. The van der Waals surface area contributed by atoms with Gasteiger partial charge in [0.25, 0.3) is 0 Å². The van der Waals surface area contributed by atoms with Crippen LogP contribution in [0.4, 0.5) is 0 Å². The van der Waals surface area contributed by atoms with Gasteiger partial charge in [-0.15, -0.1) is 0 Å². The van der Waals surface area contributed by atoms with Gasteiger partial charge in [0.15, 0.2) is 0 Å². The maximum atomic E-state index is 5.60. The molecule has 6 aliphatic carbocycles. The molecule has 0 radical (unpaired) electrons. The summed E-state index contributed by atoms with van der Waals surface area (Å²) in [4.78, 5) is 11.2. The van der Waals surface area contributed by atoms with E-state index in [2.05, 4.69) is 179 Å². The lowest BCUT2D eigenvalue weighted by molar-refractivity contribution is 0.184. The summed E-state index contributed by atoms with van der Waals surface area (Å²) in [5.41, 5.74) is 28.1. The van der Waals surface area contributed by atoms with E-state index in [4.69, 9.17) is 9.97 Å². The highest BCUT2D eigenvalue weighted by atomic mass is 15.0. The SMILES string of the molecule is Cc1cc(C(C)C)c(-c2cc3c4cc5c(cc4n4c6cnc7c(c6c(c2)c34)C2(C)CCC7(C)CC2)c2cc(-c3c(C(C)C)cc(C)cc3C(C)C)cc3c4c6c(ncc4n5c23)C2(C)CCC6(C)CC2)c(C(C)C)c1. The van der Waals surface area contributed by atoms with Gasteiger partial charge in [0, 0.05) is 53.9 Å². The molecule has 6 heterocycles. The first kappa shape index (κ1) is 45.4. The van der Waals surface area contributed by atoms with Crippen LogP contribution >= 0.6 is 0 Å². The van der Waals surface area contributed by atoms with Crippen LogP contribution in [0.5, 0.6) is 0 Å². The van der Waals surface area contributed by atoms with E-state index in [9.17, 15) is 0 Å². The number of hydrogen-bond donors (Lipinski definition) is 0. The van der Waals surface area contributed by atoms with Gasteiger partial charge in [-0.2, -0.15) is 0 Å². The molecule has 374 valence electrons. The van der Waals surface area contributed by atoms with Gasteiger partial charge in [0.2, 0.25) is 0 Å². The van der Waals surface area contributed by atoms with Crippen LogP contribution in [0, 0.1) is 13.8 Å². The molecule has 6 aliphatic rings. The molecule has 4 heteroatoms. The lowest BCUT2D eigenvalue weighted by Crippen LogP contribution is -2.45. The maximum Gasteiger partial charge on any atom is 0.0728 e. The number of aryl methyl sites for hydroxylation is 2. The van der Waals surface area contributed by atoms with E-state index in [0.29, 0.717) is 23.7 Å². The molecule has 0 unspecified atom stereocenters. The Labute approximate surface area is 437 Å². The standard InChI is InChI=1S/C70H74N4/c1-35(2)43-23-39(9)24-44(36(3)4)57(43)41-27-49-47-31-54-48(32-53(47)73-55-33-71-65-61(59(55)51(29-41)63(49)73)67(11)15-19-69(65,13)20-16-67)50-28-42(58-45(37(5)6)25-40(10)26-46(58)38(7)8)30-52-60-56(74(54)64(50)52)34-72-66-62(60)68(12)17-21-70(66,14)22-18-68/h23-38H,15-22H2,1-14H3. The smallest absolute Gasteiger partial charge is 0.0728 e. The van der Waals surface area contributed by atoms with Crippen molar-refractivity contribution in [1.82, 2.24) is 18.8 Å². The second-order valence-electron chi connectivity index (χ2n) is 27.4. The molecule has 5 aromatic carbocycles. The van der Waals surface area contributed by atoms with Crippen LogP contribution in [-0.2, 0) is 21.7 Å². The fourth-order valence-corrected chi connectivity index (χ4v) is 16.8. The molecule has 2 fully saturated rings. The molecular formula is C70H74N4. The van der Waals surface area contributed by atoms with Crippen molar-refractivity contribution in [1.29, 1.82) is 0 Å². The predicted molar refractivity (Wildman–Crippen MR) is 314 cm³/mol. The summed E-state index contributed by atoms with van der Waals surface area (Å²) in [5, 5.41) is 11.0. The van der Waals surface area contributed by atoms with E-state index in [0.717, 1.165) is 0 Å². The number of nitrogens with zero attached hydrogens (tertiary/aromatic N) is 4. The Morgan fingerprint density at radius 1 is 0.378 bits per heavy atom. The molecule has 0 atom stereocenters. The predicted octanol–water partition coefficient (Wildman–Crippen LogP) is 19.4. The highest BCUT2D eigenvalue weighted by Crippen LogP contribution is 2.61. The normalized spacial score (nSPS) is 23.8. The Bertz CT molecular complexity index is 3940. The Kier molecular flexibility index (Phi) is 8.88. The van der Waals surface area contributed by atoms with Gasteiger partial charge >= 0.3 is 0 Å². The van der Waals surface area contributed by atoms with Crippen LogP contribution in [0.25, 0.3) is 98.4 Å². The average molecular weight is 971 g/mol. The van der Waals surface area contributed by atoms with Crippen molar-refractivity contribution in [2.45, 2.75) is 194 Å². The van der Waals surface area contributed by atoms with Crippen LogP contribution < -0.4 is 0 Å². The van der Waals surface area contributed by atoms with Gasteiger partial charge in [0.1, 0.15) is 0 Å². The number of pyridine rings is 2. The molecule has 74 heavy (non-hydrogen) atoms. The Balaban J connectivity index is 1.14. The molecular weight excluding hydrogens is 897 g/mol. The largest absolute Gasteiger partial charge is 0.306 e. The van der Waals surface area contributed by atoms with Gasteiger partial charge in [-0.3, -0.25) is 9.97 Å². The summed E-state index contributed by atoms with van der Waals surface area (Å²) in [6, 6.07) is 25.6. The molecule has 17 rings (SSSR count). The third-order valence-corrected chi connectivity index (χ3v) is 21.0. The van der Waals surface area contributed by atoms with Crippen molar-refractivity contribution in [2.24, 2.45) is 0 Å². The highest BCUT2D eigenvalue weighted by molar-refractivity contribution is 6.30. The lowest BCUT2D eigenvalue weighted by atomic mass is 9.53. The van der Waals surface area contributed by atoms with Crippen LogP contribution in [0.15, 0.2) is 73.1 Å². The van der Waals surface area contributed by atoms with E-state index in [1.54, 1.807) is 0 Å². The maximum absolute atomic E-state index is 5.60. The number of fused-ring (bicyclic) bond motifs is 16. The first-order valence-electron chi connectivity index (χ1n) is 28.8. The minimum absolute atomic E-state index is 0.0996. The Morgan fingerprint density at radius 2 is 0.689 bits per heavy atom. The summed E-state index contributed by atoms with van der Waals surface area (Å²) in [7, 11) is 0. The highest BCUT2D eigenvalue weighted by Gasteiger charge is 2.52. The van der Waals surface area contributed by atoms with Crippen molar-refractivity contribution in [3.05, 3.63) is 129 Å². The molecule has 0 aliphatic heterocycles. The van der Waals surface area contributed by atoms with E-state index in [-0.39, 0.29) is 21.7 Å². The number of rotatable bonds is 6. The van der Waals surface area contributed by atoms with Gasteiger partial charge in [-0.25, -0.2) is 0 Å². The van der Waals surface area contributed by atoms with Gasteiger partial charge in [-0.1, -0.05) is 118 Å². The Morgan fingerprint density at radius 3 is 1.01 bits per heavy atom. The summed E-state index contributed by atoms with van der Waals surface area (Å²) >= 11 is 0. The topological polar surface area (TPSA) is 34.6 Å². The van der Waals surface area contributed by atoms with Gasteiger partial charge in [-0.05, 0) is 192 Å². The van der Waals surface area contributed by atoms with Crippen molar-refractivity contribution in [2.75, 3.05) is 0 Å². The summed E-state index contributed by atoms with van der Waals surface area (Å²) in [6.45, 7) is 33.8. The molecule has 0 spiro atoms. The number of hydrogen-bond acceptors (Lipinski definition) is 2. The van der Waals surface area contributed by atoms with Crippen molar-refractivity contribution in [3.63, 3.8) is 0 Å². The molecule has 0 saturated heterocycles. The lowest BCUT2D eigenvalue weighted by Gasteiger charge is -2.51. The molecule has 4 nitrogen and oxygen atoms in total. The summed E-state index contributed by atoms with van der Waals surface area (Å²) < 4.78 is 5.33. The molecule has 0 N–H and O–H groups in total. The monoisotopic (exact) mass is 971 g/mol. The van der Waals surface area contributed by atoms with Gasteiger partial charge in [0.05, 0.1) is 56.9 Å². The second-order valence-corrected chi connectivity index (χ2v) is 27.4. The zero-order chi connectivity index (χ0) is 51.2. The molecule has 2 saturated carbocycles. The molecule has 6 aromatic heterocycles. The van der Waals surface area contributed by atoms with Crippen molar-refractivity contribution >= 4 is 76.2 Å². The third-order valence-electron chi connectivity index (χ3n) is 21.0. The fourth-order valence-electron chi connectivity index (χ4n) is 16.8. The molecule has 11 aromatic rings. The zero-order valence-corrected chi connectivity index (χ0v) is 46.7. The number of benzene rings is 5. The van der Waals surface area contributed by atoms with Crippen molar-refractivity contribution < 1.29 is 0 Å². The Hall–Kier alpha value is -6.00. The minimum Gasteiger partial charge on any atom is -0.306 e. The van der Waals surface area contributed by atoms with Crippen LogP contribution in [0.2, 0.25) is 0 Å². The number of aromatic nitrogens is 4. The van der Waals surface area contributed by atoms with Crippen LogP contribution in [0.1, 0.15) is 214 Å². The van der Waals surface area contributed by atoms with Gasteiger partial charge < -0.3 is 8.80 Å². The van der Waals surface area contributed by atoms with E-state index in [1.165, 1.54) is 206 Å². The average Bonchev–Trinajstić information content (AvgIpc) is 4.10.